The van der Waals surface area contributed by atoms with Gasteiger partial charge in [0.05, 0.1) is 19.3 Å². The molecule has 1 saturated heterocycles. The van der Waals surface area contributed by atoms with Gasteiger partial charge >= 0.3 is 0 Å². The largest absolute Gasteiger partial charge is 0.491 e. The van der Waals surface area contributed by atoms with Crippen LogP contribution in [0.3, 0.4) is 0 Å². The number of aromatic nitrogens is 2. The second-order valence-corrected chi connectivity index (χ2v) is 6.34. The van der Waals surface area contributed by atoms with E-state index in [-0.39, 0.29) is 18.1 Å². The molecular formula is C19H24N4O3. The predicted octanol–water partition coefficient (Wildman–Crippen LogP) is 2.52. The Bertz CT molecular complexity index is 749. The molecule has 2 heterocycles. The fourth-order valence-corrected chi connectivity index (χ4v) is 2.91. The number of morpholine rings is 1. The summed E-state index contributed by atoms with van der Waals surface area (Å²) in [6.45, 7) is 5.40. The van der Waals surface area contributed by atoms with Gasteiger partial charge in [-0.3, -0.25) is 9.78 Å². The highest BCUT2D eigenvalue weighted by Gasteiger charge is 2.28. The van der Waals surface area contributed by atoms with E-state index < -0.39 is 0 Å². The summed E-state index contributed by atoms with van der Waals surface area (Å²) in [4.78, 5) is 23.3. The lowest BCUT2D eigenvalue weighted by Crippen LogP contribution is -2.42. The first-order valence-corrected chi connectivity index (χ1v) is 8.74. The van der Waals surface area contributed by atoms with Crippen molar-refractivity contribution in [1.29, 1.82) is 0 Å². The third-order valence-electron chi connectivity index (χ3n) is 4.10. The number of anilines is 1. The highest BCUT2D eigenvalue weighted by atomic mass is 16.5. The van der Waals surface area contributed by atoms with Crippen molar-refractivity contribution >= 4 is 11.7 Å². The zero-order valence-corrected chi connectivity index (χ0v) is 15.3. The van der Waals surface area contributed by atoms with E-state index in [4.69, 9.17) is 9.47 Å². The molecule has 1 amide bonds. The molecule has 7 nitrogen and oxygen atoms in total. The number of nitrogens with one attached hydrogen (secondary N) is 1. The van der Waals surface area contributed by atoms with Gasteiger partial charge in [-0.15, -0.1) is 0 Å². The van der Waals surface area contributed by atoms with Crippen LogP contribution < -0.4 is 10.1 Å². The van der Waals surface area contributed by atoms with Crippen molar-refractivity contribution in [3.05, 3.63) is 47.9 Å². The molecule has 1 aliphatic heterocycles. The zero-order valence-electron chi connectivity index (χ0n) is 15.3. The van der Waals surface area contributed by atoms with Crippen molar-refractivity contribution in [3.63, 3.8) is 0 Å². The Hall–Kier alpha value is -2.67. The second-order valence-electron chi connectivity index (χ2n) is 6.34. The molecule has 0 unspecified atom stereocenters. The summed E-state index contributed by atoms with van der Waals surface area (Å²) >= 11 is 0. The van der Waals surface area contributed by atoms with Crippen molar-refractivity contribution in [2.45, 2.75) is 26.1 Å². The number of rotatable bonds is 5. The van der Waals surface area contributed by atoms with E-state index in [0.29, 0.717) is 36.8 Å². The van der Waals surface area contributed by atoms with Crippen LogP contribution in [0.5, 0.6) is 5.75 Å². The zero-order chi connectivity index (χ0) is 18.5. The molecule has 0 aliphatic carbocycles. The van der Waals surface area contributed by atoms with Crippen LogP contribution in [-0.4, -0.2) is 53.6 Å². The Kier molecular flexibility index (Phi) is 5.68. The summed E-state index contributed by atoms with van der Waals surface area (Å²) in [6.07, 6.45) is 3.06. The summed E-state index contributed by atoms with van der Waals surface area (Å²) in [5.74, 6) is 1.40. The van der Waals surface area contributed by atoms with E-state index in [1.54, 1.807) is 36.5 Å². The third kappa shape index (κ3) is 4.11. The average molecular weight is 356 g/mol. The molecular weight excluding hydrogens is 332 g/mol. The minimum absolute atomic E-state index is 0.0238. The molecule has 3 rings (SSSR count). The third-order valence-corrected chi connectivity index (χ3v) is 4.10. The van der Waals surface area contributed by atoms with Crippen molar-refractivity contribution < 1.29 is 14.3 Å². The Morgan fingerprint density at radius 2 is 2.00 bits per heavy atom. The Balaban J connectivity index is 1.72. The predicted molar refractivity (Wildman–Crippen MR) is 98.4 cm³/mol. The molecule has 0 spiro atoms. The number of ether oxygens (including phenoxy) is 2. The number of amides is 1. The van der Waals surface area contributed by atoms with Crippen molar-refractivity contribution in [1.82, 2.24) is 14.9 Å². The molecule has 26 heavy (non-hydrogen) atoms. The lowest BCUT2D eigenvalue weighted by atomic mass is 10.1. The van der Waals surface area contributed by atoms with E-state index >= 15 is 0 Å². The maximum Gasteiger partial charge on any atom is 0.254 e. The Morgan fingerprint density at radius 1 is 1.27 bits per heavy atom. The van der Waals surface area contributed by atoms with Crippen LogP contribution in [0.1, 0.15) is 36.0 Å². The number of benzene rings is 1. The summed E-state index contributed by atoms with van der Waals surface area (Å²) in [7, 11) is 1.79. The molecule has 1 N–H and O–H groups in total. The summed E-state index contributed by atoms with van der Waals surface area (Å²) in [6, 6.07) is 7.25. The van der Waals surface area contributed by atoms with Gasteiger partial charge in [-0.25, -0.2) is 4.98 Å². The number of carbonyl (C=O) groups excluding carboxylic acids is 1. The minimum atomic E-state index is -0.299. The molecule has 1 atom stereocenters. The van der Waals surface area contributed by atoms with Gasteiger partial charge in [0.25, 0.3) is 5.91 Å². The quantitative estimate of drug-likeness (QED) is 0.887. The lowest BCUT2D eigenvalue weighted by Gasteiger charge is -2.33. The molecule has 0 bridgehead atoms. The lowest BCUT2D eigenvalue weighted by molar-refractivity contribution is -0.0245. The Morgan fingerprint density at radius 3 is 2.69 bits per heavy atom. The fraction of sp³-hybridized carbons (Fsp3) is 0.421. The van der Waals surface area contributed by atoms with Crippen LogP contribution in [0.15, 0.2) is 36.7 Å². The SMILES string of the molecule is CNc1nccnc1[C@@H]1CN(C(=O)c2ccc(OC(C)C)cc2)CCO1. The van der Waals surface area contributed by atoms with Gasteiger partial charge in [0.2, 0.25) is 0 Å². The van der Waals surface area contributed by atoms with Crippen molar-refractivity contribution in [3.8, 4) is 5.75 Å². The summed E-state index contributed by atoms with van der Waals surface area (Å²) in [5, 5.41) is 3.02. The van der Waals surface area contributed by atoms with Gasteiger partial charge in [0.15, 0.2) is 0 Å². The molecule has 2 aromatic rings. The average Bonchev–Trinajstić information content (AvgIpc) is 2.67. The van der Waals surface area contributed by atoms with Crippen LogP contribution in [0.2, 0.25) is 0 Å². The molecule has 1 aliphatic rings. The summed E-state index contributed by atoms with van der Waals surface area (Å²) < 4.78 is 11.5. The van der Waals surface area contributed by atoms with Gasteiger partial charge in [-0.1, -0.05) is 0 Å². The number of hydrogen-bond donors (Lipinski definition) is 1. The smallest absolute Gasteiger partial charge is 0.254 e. The van der Waals surface area contributed by atoms with Gasteiger partial charge in [0.1, 0.15) is 23.4 Å². The van der Waals surface area contributed by atoms with Crippen molar-refractivity contribution in [2.75, 3.05) is 32.1 Å². The molecule has 7 heteroatoms. The monoisotopic (exact) mass is 356 g/mol. The summed E-state index contributed by atoms with van der Waals surface area (Å²) in [5.41, 5.74) is 1.35. The Labute approximate surface area is 153 Å². The van der Waals surface area contributed by atoms with Crippen LogP contribution in [-0.2, 0) is 4.74 Å². The fourth-order valence-electron chi connectivity index (χ4n) is 2.91. The number of hydrogen-bond acceptors (Lipinski definition) is 6. The first-order chi connectivity index (χ1) is 12.6. The molecule has 1 aromatic carbocycles. The van der Waals surface area contributed by atoms with Gasteiger partial charge in [-0.05, 0) is 38.1 Å². The highest BCUT2D eigenvalue weighted by molar-refractivity contribution is 5.94. The van der Waals surface area contributed by atoms with E-state index in [1.165, 1.54) is 0 Å². The van der Waals surface area contributed by atoms with E-state index in [0.717, 1.165) is 5.75 Å². The molecule has 1 aromatic heterocycles. The van der Waals surface area contributed by atoms with E-state index in [1.807, 2.05) is 26.0 Å². The van der Waals surface area contributed by atoms with Crippen LogP contribution in [0.4, 0.5) is 5.82 Å². The number of carbonyl (C=O) groups is 1. The number of nitrogens with zero attached hydrogens (tertiary/aromatic N) is 3. The van der Waals surface area contributed by atoms with E-state index in [2.05, 4.69) is 15.3 Å². The topological polar surface area (TPSA) is 76.6 Å². The molecule has 138 valence electrons. The standard InChI is InChI=1S/C19H24N4O3/c1-13(2)26-15-6-4-14(5-7-15)19(24)23-10-11-25-16(12-23)17-18(20-3)22-9-8-21-17/h4-9,13,16H,10-12H2,1-3H3,(H,20,22)/t16-/m0/s1. The maximum atomic E-state index is 12.8. The van der Waals surface area contributed by atoms with E-state index in [9.17, 15) is 4.79 Å². The van der Waals surface area contributed by atoms with Gasteiger partial charge in [0, 0.05) is 31.5 Å². The highest BCUT2D eigenvalue weighted by Crippen LogP contribution is 2.26. The molecule has 0 radical (unpaired) electrons. The first kappa shape index (κ1) is 18.1. The van der Waals surface area contributed by atoms with Crippen LogP contribution in [0.25, 0.3) is 0 Å². The molecule has 0 saturated carbocycles. The minimum Gasteiger partial charge on any atom is -0.491 e. The van der Waals surface area contributed by atoms with Crippen molar-refractivity contribution in [2.24, 2.45) is 0 Å². The molecule has 1 fully saturated rings. The van der Waals surface area contributed by atoms with Crippen LogP contribution >= 0.6 is 0 Å². The second kappa shape index (κ2) is 8.14. The normalized spacial score (nSPS) is 17.2. The van der Waals surface area contributed by atoms with Gasteiger partial charge in [-0.2, -0.15) is 0 Å². The van der Waals surface area contributed by atoms with Crippen LogP contribution in [0, 0.1) is 0 Å². The van der Waals surface area contributed by atoms with Gasteiger partial charge < -0.3 is 19.7 Å². The maximum absolute atomic E-state index is 12.8. The first-order valence-electron chi connectivity index (χ1n) is 8.74.